The predicted octanol–water partition coefficient (Wildman–Crippen LogP) is 3.94. The Bertz CT molecular complexity index is 997. The Hall–Kier alpha value is -3.20. The molecule has 0 radical (unpaired) electrons. The quantitative estimate of drug-likeness (QED) is 0.601. The van der Waals surface area contributed by atoms with Gasteiger partial charge in [-0.25, -0.2) is 23.2 Å². The fourth-order valence-electron chi connectivity index (χ4n) is 2.97. The lowest BCUT2D eigenvalue weighted by Crippen LogP contribution is -2.40. The summed E-state index contributed by atoms with van der Waals surface area (Å²) in [7, 11) is -2.69. The molecule has 1 aliphatic heterocycles. The molecule has 9 heteroatoms. The molecule has 2 aromatic carbocycles. The highest BCUT2D eigenvalue weighted by Crippen LogP contribution is 2.61. The number of anilines is 1. The van der Waals surface area contributed by atoms with Crippen LogP contribution in [0.4, 0.5) is 19.7 Å². The zero-order valence-corrected chi connectivity index (χ0v) is 16.5. The first kappa shape index (κ1) is 20.5. The van der Waals surface area contributed by atoms with E-state index in [9.17, 15) is 18.8 Å². The van der Waals surface area contributed by atoms with Crippen molar-refractivity contribution >= 4 is 39.4 Å². The molecular formula is C20H20FN3O4S. The summed E-state index contributed by atoms with van der Waals surface area (Å²) in [6.45, 7) is 1.27. The Balaban J connectivity index is 1.80. The normalized spacial score (nSPS) is 19.9. The Morgan fingerprint density at radius 2 is 1.97 bits per heavy atom. The highest BCUT2D eigenvalue weighted by Gasteiger charge is 2.41. The summed E-state index contributed by atoms with van der Waals surface area (Å²) < 4.78 is 23.6. The van der Waals surface area contributed by atoms with Crippen molar-refractivity contribution in [1.29, 1.82) is 0 Å². The lowest BCUT2D eigenvalue weighted by atomic mass is 10.2. The first-order chi connectivity index (χ1) is 13.8. The van der Waals surface area contributed by atoms with E-state index in [2.05, 4.69) is 4.40 Å². The van der Waals surface area contributed by atoms with Crippen LogP contribution < -0.4 is 10.6 Å². The number of halogens is 1. The topological polar surface area (TPSA) is 102 Å². The van der Waals surface area contributed by atoms with Gasteiger partial charge >= 0.3 is 17.3 Å². The molecule has 2 N–H and O–H groups in total. The fraction of sp³-hybridized carbons (Fsp3) is 0.200. The molecule has 3 rings (SSSR count). The molecule has 1 atom stereocenters. The monoisotopic (exact) mass is 417 g/mol. The van der Waals surface area contributed by atoms with Gasteiger partial charge in [-0.05, 0) is 53.4 Å². The molecule has 7 nitrogen and oxygen atoms in total. The number of amides is 2. The average Bonchev–Trinajstić information content (AvgIpc) is 3.17. The van der Waals surface area contributed by atoms with Gasteiger partial charge in [-0.3, -0.25) is 4.90 Å². The van der Waals surface area contributed by atoms with Crippen LogP contribution in [0.3, 0.4) is 0 Å². The van der Waals surface area contributed by atoms with Crippen molar-refractivity contribution in [2.75, 3.05) is 17.2 Å². The van der Waals surface area contributed by atoms with Crippen LogP contribution in [0.2, 0.25) is 0 Å². The number of urea groups is 1. The number of benzene rings is 2. The van der Waals surface area contributed by atoms with E-state index in [0.717, 1.165) is 10.5 Å². The minimum absolute atomic E-state index is 0.122. The molecule has 0 aromatic heterocycles. The second-order valence-corrected chi connectivity index (χ2v) is 9.20. The predicted molar refractivity (Wildman–Crippen MR) is 110 cm³/mol. The SMILES string of the molecule is Cc1cccc(N(CC(=O)OC(=O)S2(c3ccccc3F)CCC=N2)C(N)=O)c1. The molecule has 0 saturated heterocycles. The van der Waals surface area contributed by atoms with Gasteiger partial charge in [0.1, 0.15) is 12.4 Å². The lowest BCUT2D eigenvalue weighted by molar-refractivity contribution is -0.134. The summed E-state index contributed by atoms with van der Waals surface area (Å²) >= 11 is 0. The van der Waals surface area contributed by atoms with Gasteiger partial charge in [0.15, 0.2) is 0 Å². The Morgan fingerprint density at radius 1 is 1.21 bits per heavy atom. The Labute approximate surface area is 168 Å². The average molecular weight is 417 g/mol. The second-order valence-electron chi connectivity index (χ2n) is 6.40. The zero-order chi connectivity index (χ0) is 21.0. The number of hydrogen-bond donors (Lipinski definition) is 1. The van der Waals surface area contributed by atoms with Crippen molar-refractivity contribution in [3.63, 3.8) is 0 Å². The van der Waals surface area contributed by atoms with Crippen molar-refractivity contribution in [3.8, 4) is 0 Å². The van der Waals surface area contributed by atoms with Gasteiger partial charge < -0.3 is 10.5 Å². The molecule has 1 heterocycles. The second kappa shape index (κ2) is 8.44. The number of carbonyl (C=O) groups excluding carboxylic acids is 3. The van der Waals surface area contributed by atoms with Crippen molar-refractivity contribution in [2.24, 2.45) is 10.1 Å². The van der Waals surface area contributed by atoms with Crippen molar-refractivity contribution in [3.05, 3.63) is 59.9 Å². The minimum Gasteiger partial charge on any atom is -0.383 e. The molecule has 0 bridgehead atoms. The maximum Gasteiger partial charge on any atom is 0.380 e. The van der Waals surface area contributed by atoms with Crippen LogP contribution in [0.25, 0.3) is 0 Å². The number of rotatable bonds is 4. The van der Waals surface area contributed by atoms with E-state index < -0.39 is 39.9 Å². The van der Waals surface area contributed by atoms with Crippen LogP contribution >= 0.6 is 10.2 Å². The third-order valence-corrected chi connectivity index (χ3v) is 7.37. The number of ether oxygens (including phenoxy) is 1. The van der Waals surface area contributed by atoms with Crippen LogP contribution in [0.15, 0.2) is 57.8 Å². The van der Waals surface area contributed by atoms with E-state index in [-0.39, 0.29) is 10.6 Å². The molecule has 152 valence electrons. The van der Waals surface area contributed by atoms with Crippen LogP contribution in [0, 0.1) is 12.7 Å². The number of nitrogens with zero attached hydrogens (tertiary/aromatic N) is 2. The molecule has 29 heavy (non-hydrogen) atoms. The molecule has 0 spiro atoms. The van der Waals surface area contributed by atoms with Crippen LogP contribution in [-0.2, 0) is 9.53 Å². The molecule has 1 unspecified atom stereocenters. The maximum atomic E-state index is 14.3. The Kier molecular flexibility index (Phi) is 5.97. The summed E-state index contributed by atoms with van der Waals surface area (Å²) in [5.74, 6) is -1.29. The summed E-state index contributed by atoms with van der Waals surface area (Å²) in [5, 5.41) is -0.907. The van der Waals surface area contributed by atoms with Gasteiger partial charge in [-0.1, -0.05) is 24.3 Å². The van der Waals surface area contributed by atoms with E-state index in [4.69, 9.17) is 10.5 Å². The van der Waals surface area contributed by atoms with Gasteiger partial charge in [-0.15, -0.1) is 0 Å². The third-order valence-electron chi connectivity index (χ3n) is 4.34. The third kappa shape index (κ3) is 4.29. The fourth-order valence-corrected chi connectivity index (χ4v) is 5.58. The summed E-state index contributed by atoms with van der Waals surface area (Å²) in [6, 6.07) is 11.8. The van der Waals surface area contributed by atoms with Gasteiger partial charge in [-0.2, -0.15) is 0 Å². The molecule has 1 aliphatic rings. The molecule has 2 aromatic rings. The van der Waals surface area contributed by atoms with Gasteiger partial charge in [0.25, 0.3) is 0 Å². The highest BCUT2D eigenvalue weighted by molar-refractivity contribution is 8.44. The van der Waals surface area contributed by atoms with Crippen molar-refractivity contribution in [2.45, 2.75) is 18.2 Å². The number of primary amides is 1. The molecular weight excluding hydrogens is 397 g/mol. The van der Waals surface area contributed by atoms with Crippen molar-refractivity contribution in [1.82, 2.24) is 0 Å². The van der Waals surface area contributed by atoms with Crippen LogP contribution in [-0.4, -0.2) is 35.8 Å². The van der Waals surface area contributed by atoms with E-state index >= 15 is 0 Å². The number of aryl methyl sites for hydroxylation is 1. The zero-order valence-electron chi connectivity index (χ0n) is 15.7. The number of hydrogen-bond acceptors (Lipinski definition) is 5. The first-order valence-electron chi connectivity index (χ1n) is 8.81. The largest absolute Gasteiger partial charge is 0.383 e. The standard InChI is InChI=1S/C20H20FN3O4S/c1-14-6-4-7-15(12-14)24(19(22)26)13-18(25)28-20(27)29(11-5-10-23-29)17-9-3-2-8-16(17)21/h2-4,6-10,12H,5,11,13H2,1H3,(H2,22,26). The summed E-state index contributed by atoms with van der Waals surface area (Å²) in [4.78, 5) is 38.2. The smallest absolute Gasteiger partial charge is 0.380 e. The molecule has 0 fully saturated rings. The number of esters is 1. The highest BCUT2D eigenvalue weighted by atomic mass is 32.3. The molecule has 0 aliphatic carbocycles. The van der Waals surface area contributed by atoms with Crippen LogP contribution in [0.5, 0.6) is 0 Å². The maximum absolute atomic E-state index is 14.3. The molecule has 0 saturated carbocycles. The number of carbonyl (C=O) groups is 3. The first-order valence-corrected chi connectivity index (χ1v) is 10.6. The van der Waals surface area contributed by atoms with Crippen molar-refractivity contribution < 1.29 is 23.5 Å². The number of nitrogens with two attached hydrogens (primary N) is 1. The van der Waals surface area contributed by atoms with E-state index in [1.165, 1.54) is 24.4 Å². The molecule has 2 amide bonds. The lowest BCUT2D eigenvalue weighted by Gasteiger charge is -2.29. The van der Waals surface area contributed by atoms with Gasteiger partial charge in [0.2, 0.25) is 0 Å². The summed E-state index contributed by atoms with van der Waals surface area (Å²) in [6.07, 6.45) is 2.01. The Morgan fingerprint density at radius 3 is 2.59 bits per heavy atom. The van der Waals surface area contributed by atoms with E-state index in [1.54, 1.807) is 24.3 Å². The minimum atomic E-state index is -2.69. The van der Waals surface area contributed by atoms with Gasteiger partial charge in [0, 0.05) is 17.7 Å². The van der Waals surface area contributed by atoms with E-state index in [0.29, 0.717) is 12.1 Å². The van der Waals surface area contributed by atoms with E-state index in [1.807, 2.05) is 13.0 Å². The van der Waals surface area contributed by atoms with Gasteiger partial charge in [0.05, 0.1) is 4.90 Å². The summed E-state index contributed by atoms with van der Waals surface area (Å²) in [5.41, 5.74) is 6.65. The van der Waals surface area contributed by atoms with Crippen LogP contribution in [0.1, 0.15) is 12.0 Å².